The van der Waals surface area contributed by atoms with Crippen molar-refractivity contribution in [1.82, 2.24) is 19.4 Å². The lowest BCUT2D eigenvalue weighted by Crippen LogP contribution is -2.10. The van der Waals surface area contributed by atoms with E-state index in [2.05, 4.69) is 17.1 Å². The molecule has 0 aliphatic rings. The van der Waals surface area contributed by atoms with E-state index in [0.717, 1.165) is 29.6 Å². The number of fused-ring (bicyclic) bond motifs is 1. The SMILES string of the molecule is CCCn1cc(C(N)c2cnn3ccccc23)cn1. The van der Waals surface area contributed by atoms with Crippen molar-refractivity contribution in [3.63, 3.8) is 0 Å². The molecule has 3 heterocycles. The van der Waals surface area contributed by atoms with Crippen molar-refractivity contribution in [2.75, 3.05) is 0 Å². The molecule has 5 heteroatoms. The minimum Gasteiger partial charge on any atom is -0.320 e. The van der Waals surface area contributed by atoms with E-state index in [4.69, 9.17) is 5.73 Å². The summed E-state index contributed by atoms with van der Waals surface area (Å²) in [6, 6.07) is 5.78. The summed E-state index contributed by atoms with van der Waals surface area (Å²) in [6.07, 6.45) is 8.67. The number of aromatic nitrogens is 4. The Bertz CT molecular complexity index is 682. The van der Waals surface area contributed by atoms with Crippen LogP contribution < -0.4 is 5.73 Å². The Morgan fingerprint density at radius 2 is 2.16 bits per heavy atom. The zero-order valence-corrected chi connectivity index (χ0v) is 10.9. The van der Waals surface area contributed by atoms with Crippen LogP contribution in [0, 0.1) is 0 Å². The summed E-state index contributed by atoms with van der Waals surface area (Å²) < 4.78 is 3.77. The summed E-state index contributed by atoms with van der Waals surface area (Å²) in [4.78, 5) is 0. The smallest absolute Gasteiger partial charge is 0.0712 e. The monoisotopic (exact) mass is 255 g/mol. The fourth-order valence-electron chi connectivity index (χ4n) is 2.27. The Balaban J connectivity index is 1.96. The van der Waals surface area contributed by atoms with Gasteiger partial charge in [0, 0.05) is 30.1 Å². The highest BCUT2D eigenvalue weighted by Crippen LogP contribution is 2.23. The largest absolute Gasteiger partial charge is 0.320 e. The number of hydrogen-bond acceptors (Lipinski definition) is 3. The minimum atomic E-state index is -0.189. The zero-order chi connectivity index (χ0) is 13.2. The summed E-state index contributed by atoms with van der Waals surface area (Å²) in [5.74, 6) is 0. The van der Waals surface area contributed by atoms with Gasteiger partial charge in [-0.3, -0.25) is 4.68 Å². The van der Waals surface area contributed by atoms with Gasteiger partial charge in [0.25, 0.3) is 0 Å². The first-order valence-electron chi connectivity index (χ1n) is 6.50. The summed E-state index contributed by atoms with van der Waals surface area (Å²) in [6.45, 7) is 3.05. The Kier molecular flexibility index (Phi) is 3.05. The zero-order valence-electron chi connectivity index (χ0n) is 10.9. The van der Waals surface area contributed by atoms with Crippen LogP contribution in [0.5, 0.6) is 0 Å². The molecular formula is C14H17N5. The maximum Gasteiger partial charge on any atom is 0.0712 e. The highest BCUT2D eigenvalue weighted by molar-refractivity contribution is 5.56. The predicted molar refractivity (Wildman–Crippen MR) is 73.7 cm³/mol. The third kappa shape index (κ3) is 2.13. The lowest BCUT2D eigenvalue weighted by atomic mass is 10.0. The van der Waals surface area contributed by atoms with E-state index >= 15 is 0 Å². The van der Waals surface area contributed by atoms with E-state index in [0.29, 0.717) is 0 Å². The third-order valence-electron chi connectivity index (χ3n) is 3.26. The third-order valence-corrected chi connectivity index (χ3v) is 3.26. The molecule has 0 amide bonds. The molecule has 19 heavy (non-hydrogen) atoms. The van der Waals surface area contributed by atoms with E-state index < -0.39 is 0 Å². The van der Waals surface area contributed by atoms with Gasteiger partial charge in [0.15, 0.2) is 0 Å². The summed E-state index contributed by atoms with van der Waals surface area (Å²) >= 11 is 0. The molecule has 3 aromatic heterocycles. The van der Waals surface area contributed by atoms with E-state index in [-0.39, 0.29) is 6.04 Å². The van der Waals surface area contributed by atoms with Gasteiger partial charge in [-0.05, 0) is 18.6 Å². The second-order valence-corrected chi connectivity index (χ2v) is 4.64. The fraction of sp³-hybridized carbons (Fsp3) is 0.286. The molecule has 0 radical (unpaired) electrons. The van der Waals surface area contributed by atoms with E-state index in [1.54, 1.807) is 0 Å². The van der Waals surface area contributed by atoms with Gasteiger partial charge in [0.1, 0.15) is 0 Å². The lowest BCUT2D eigenvalue weighted by Gasteiger charge is -2.07. The van der Waals surface area contributed by atoms with Crippen LogP contribution in [0.25, 0.3) is 5.52 Å². The van der Waals surface area contributed by atoms with Crippen molar-refractivity contribution >= 4 is 5.52 Å². The average Bonchev–Trinajstić information content (AvgIpc) is 3.05. The highest BCUT2D eigenvalue weighted by Gasteiger charge is 2.15. The number of nitrogens with zero attached hydrogens (tertiary/aromatic N) is 4. The standard InChI is InChI=1S/C14H17N5/c1-2-6-18-10-11(8-16-18)14(15)12-9-17-19-7-4-3-5-13(12)19/h3-5,7-10,14H,2,6,15H2,1H3. The summed E-state index contributed by atoms with van der Waals surface area (Å²) in [7, 11) is 0. The second-order valence-electron chi connectivity index (χ2n) is 4.64. The van der Waals surface area contributed by atoms with Crippen LogP contribution in [0.15, 0.2) is 43.0 Å². The maximum absolute atomic E-state index is 6.33. The first-order chi connectivity index (χ1) is 9.29. The topological polar surface area (TPSA) is 61.1 Å². The molecule has 0 aliphatic carbocycles. The van der Waals surface area contributed by atoms with Crippen molar-refractivity contribution in [3.05, 3.63) is 54.1 Å². The molecule has 0 aliphatic heterocycles. The minimum absolute atomic E-state index is 0.189. The summed E-state index contributed by atoms with van der Waals surface area (Å²) in [5.41, 5.74) is 9.41. The van der Waals surface area contributed by atoms with Gasteiger partial charge in [0.2, 0.25) is 0 Å². The number of rotatable bonds is 4. The quantitative estimate of drug-likeness (QED) is 0.775. The fourth-order valence-corrected chi connectivity index (χ4v) is 2.27. The molecule has 2 N–H and O–H groups in total. The second kappa shape index (κ2) is 4.85. The van der Waals surface area contributed by atoms with E-state index in [1.165, 1.54) is 0 Å². The number of nitrogens with two attached hydrogens (primary N) is 1. The van der Waals surface area contributed by atoms with Crippen LogP contribution in [0.4, 0.5) is 0 Å². The molecule has 1 atom stereocenters. The van der Waals surface area contributed by atoms with Crippen LogP contribution in [-0.4, -0.2) is 19.4 Å². The van der Waals surface area contributed by atoms with Gasteiger partial charge < -0.3 is 5.73 Å². The van der Waals surface area contributed by atoms with Crippen molar-refractivity contribution in [3.8, 4) is 0 Å². The van der Waals surface area contributed by atoms with Crippen molar-refractivity contribution in [2.45, 2.75) is 25.9 Å². The number of aryl methyl sites for hydroxylation is 1. The van der Waals surface area contributed by atoms with E-state index in [9.17, 15) is 0 Å². The van der Waals surface area contributed by atoms with Gasteiger partial charge in [-0.15, -0.1) is 0 Å². The van der Waals surface area contributed by atoms with Gasteiger partial charge in [-0.25, -0.2) is 4.52 Å². The van der Waals surface area contributed by atoms with E-state index in [1.807, 2.05) is 52.2 Å². The molecule has 0 aromatic carbocycles. The molecule has 0 bridgehead atoms. The molecular weight excluding hydrogens is 238 g/mol. The average molecular weight is 255 g/mol. The Labute approximate surface area is 111 Å². The Morgan fingerprint density at radius 3 is 3.00 bits per heavy atom. The van der Waals surface area contributed by atoms with Gasteiger partial charge in [0.05, 0.1) is 24.0 Å². The maximum atomic E-state index is 6.33. The van der Waals surface area contributed by atoms with Crippen molar-refractivity contribution in [2.24, 2.45) is 5.73 Å². The molecule has 98 valence electrons. The van der Waals surface area contributed by atoms with Crippen LogP contribution >= 0.6 is 0 Å². The number of hydrogen-bond donors (Lipinski definition) is 1. The molecule has 0 fully saturated rings. The summed E-state index contributed by atoms with van der Waals surface area (Å²) in [5, 5.41) is 8.64. The lowest BCUT2D eigenvalue weighted by molar-refractivity contribution is 0.602. The van der Waals surface area contributed by atoms with Crippen molar-refractivity contribution in [1.29, 1.82) is 0 Å². The molecule has 0 saturated carbocycles. The molecule has 5 nitrogen and oxygen atoms in total. The van der Waals surface area contributed by atoms with Crippen LogP contribution in [0.3, 0.4) is 0 Å². The van der Waals surface area contributed by atoms with Gasteiger partial charge >= 0.3 is 0 Å². The van der Waals surface area contributed by atoms with Crippen LogP contribution in [-0.2, 0) is 6.54 Å². The molecule has 3 rings (SSSR count). The van der Waals surface area contributed by atoms with Crippen molar-refractivity contribution < 1.29 is 0 Å². The first-order valence-corrected chi connectivity index (χ1v) is 6.50. The van der Waals surface area contributed by atoms with Gasteiger partial charge in [-0.1, -0.05) is 13.0 Å². The first kappa shape index (κ1) is 11.9. The predicted octanol–water partition coefficient (Wildman–Crippen LogP) is 1.99. The number of pyridine rings is 1. The molecule has 0 spiro atoms. The molecule has 1 unspecified atom stereocenters. The Hall–Kier alpha value is -2.14. The highest BCUT2D eigenvalue weighted by atomic mass is 15.3. The molecule has 0 saturated heterocycles. The van der Waals surface area contributed by atoms with Gasteiger partial charge in [-0.2, -0.15) is 10.2 Å². The van der Waals surface area contributed by atoms with Crippen LogP contribution in [0.1, 0.15) is 30.5 Å². The molecule has 3 aromatic rings. The Morgan fingerprint density at radius 1 is 1.26 bits per heavy atom. The van der Waals surface area contributed by atoms with Crippen LogP contribution in [0.2, 0.25) is 0 Å². The normalized spacial score (nSPS) is 12.9.